The molecule has 0 atom stereocenters. The Morgan fingerprint density at radius 2 is 1.70 bits per heavy atom. The van der Waals surface area contributed by atoms with Gasteiger partial charge in [0, 0.05) is 18.7 Å². The minimum absolute atomic E-state index is 0.0403. The molecule has 0 saturated heterocycles. The first-order valence-corrected chi connectivity index (χ1v) is 10.2. The first-order chi connectivity index (χ1) is 13.2. The van der Waals surface area contributed by atoms with Crippen LogP contribution in [-0.4, -0.2) is 29.1 Å². The van der Waals surface area contributed by atoms with Crippen molar-refractivity contribution in [1.29, 1.82) is 0 Å². The van der Waals surface area contributed by atoms with Crippen molar-refractivity contribution in [3.05, 3.63) is 35.7 Å². The second kappa shape index (κ2) is 12.2. The molecule has 1 aromatic heterocycles. The van der Waals surface area contributed by atoms with E-state index in [1.165, 1.54) is 56.9 Å². The average Bonchev–Trinajstić information content (AvgIpc) is 3.19. The Bertz CT molecular complexity index is 667. The van der Waals surface area contributed by atoms with Gasteiger partial charge in [-0.2, -0.15) is 4.98 Å². The minimum atomic E-state index is -0.398. The third-order valence-corrected chi connectivity index (χ3v) is 4.58. The Labute approximate surface area is 161 Å². The minimum Gasteiger partial charge on any atom is -0.347 e. The predicted molar refractivity (Wildman–Crippen MR) is 107 cm³/mol. The van der Waals surface area contributed by atoms with E-state index < -0.39 is 5.91 Å². The van der Waals surface area contributed by atoms with E-state index in [2.05, 4.69) is 34.5 Å². The molecule has 2 rings (SSSR count). The fourth-order valence-electron chi connectivity index (χ4n) is 2.98. The van der Waals surface area contributed by atoms with Crippen LogP contribution in [0.4, 0.5) is 0 Å². The number of hydrogen-bond acceptors (Lipinski definition) is 5. The van der Waals surface area contributed by atoms with Crippen LogP contribution in [0, 0.1) is 0 Å². The molecule has 0 radical (unpaired) electrons. The van der Waals surface area contributed by atoms with Crippen LogP contribution in [0.15, 0.2) is 28.8 Å². The summed E-state index contributed by atoms with van der Waals surface area (Å²) < 4.78 is 5.02. The van der Waals surface area contributed by atoms with Crippen LogP contribution in [0.2, 0.25) is 0 Å². The van der Waals surface area contributed by atoms with E-state index in [1.54, 1.807) is 0 Å². The maximum Gasteiger partial charge on any atom is 0.316 e. The molecule has 1 aromatic carbocycles. The van der Waals surface area contributed by atoms with Gasteiger partial charge < -0.3 is 15.6 Å². The molecule has 0 bridgehead atoms. The van der Waals surface area contributed by atoms with Crippen molar-refractivity contribution in [2.24, 2.45) is 5.73 Å². The zero-order chi connectivity index (χ0) is 19.3. The van der Waals surface area contributed by atoms with E-state index in [4.69, 9.17) is 10.3 Å². The lowest BCUT2D eigenvalue weighted by atomic mass is 10.0. The van der Waals surface area contributed by atoms with Gasteiger partial charge in [-0.1, -0.05) is 81.3 Å². The molecule has 0 aliphatic heterocycles. The van der Waals surface area contributed by atoms with Gasteiger partial charge >= 0.3 is 11.8 Å². The molecule has 27 heavy (non-hydrogen) atoms. The molecule has 148 valence electrons. The molecule has 3 N–H and O–H groups in total. The van der Waals surface area contributed by atoms with E-state index in [0.717, 1.165) is 12.0 Å². The number of nitrogens with one attached hydrogen (secondary N) is 1. The molecule has 1 heterocycles. The van der Waals surface area contributed by atoms with Crippen molar-refractivity contribution < 1.29 is 9.32 Å². The number of unbranched alkanes of at least 4 members (excludes halogenated alkanes) is 7. The van der Waals surface area contributed by atoms with Crippen molar-refractivity contribution in [2.75, 3.05) is 13.1 Å². The molecule has 6 nitrogen and oxygen atoms in total. The third-order valence-electron chi connectivity index (χ3n) is 4.58. The summed E-state index contributed by atoms with van der Waals surface area (Å²) in [7, 11) is 0. The smallest absolute Gasteiger partial charge is 0.316 e. The highest BCUT2D eigenvalue weighted by Crippen LogP contribution is 2.18. The standard InChI is InChI=1S/C21H32N4O2/c1-2-3-4-5-6-7-8-9-10-17-11-13-18(14-12-17)19-24-21(27-25-19)20(26)23-16-15-22/h11-14H,2-10,15-16,22H2,1H3,(H,23,26). The van der Waals surface area contributed by atoms with Gasteiger partial charge in [-0.3, -0.25) is 4.79 Å². The summed E-state index contributed by atoms with van der Waals surface area (Å²) in [5, 5.41) is 6.49. The second-order valence-electron chi connectivity index (χ2n) is 6.89. The predicted octanol–water partition coefficient (Wildman–Crippen LogP) is 4.11. The van der Waals surface area contributed by atoms with Crippen LogP contribution in [0.5, 0.6) is 0 Å². The average molecular weight is 373 g/mol. The van der Waals surface area contributed by atoms with Crippen LogP contribution in [-0.2, 0) is 6.42 Å². The number of amides is 1. The van der Waals surface area contributed by atoms with E-state index >= 15 is 0 Å². The molecule has 1 amide bonds. The molecule has 2 aromatic rings. The largest absolute Gasteiger partial charge is 0.347 e. The highest BCUT2D eigenvalue weighted by atomic mass is 16.5. The molecule has 0 fully saturated rings. The van der Waals surface area contributed by atoms with Gasteiger partial charge in [0.2, 0.25) is 5.82 Å². The molecular formula is C21H32N4O2. The fourth-order valence-corrected chi connectivity index (χ4v) is 2.98. The van der Waals surface area contributed by atoms with Gasteiger partial charge in [0.15, 0.2) is 0 Å². The lowest BCUT2D eigenvalue weighted by Gasteiger charge is -2.03. The van der Waals surface area contributed by atoms with E-state index in [1.807, 2.05) is 12.1 Å². The molecule has 0 spiro atoms. The summed E-state index contributed by atoms with van der Waals surface area (Å²) in [6, 6.07) is 8.15. The number of aryl methyl sites for hydroxylation is 1. The summed E-state index contributed by atoms with van der Waals surface area (Å²) in [4.78, 5) is 15.9. The number of benzene rings is 1. The summed E-state index contributed by atoms with van der Waals surface area (Å²) in [6.45, 7) is 3.00. The second-order valence-corrected chi connectivity index (χ2v) is 6.89. The molecule has 0 saturated carbocycles. The third kappa shape index (κ3) is 7.51. The highest BCUT2D eigenvalue weighted by Gasteiger charge is 2.15. The number of hydrogen-bond donors (Lipinski definition) is 2. The molecule has 0 aliphatic carbocycles. The summed E-state index contributed by atoms with van der Waals surface area (Å²) in [5.74, 6) is -0.0153. The van der Waals surface area contributed by atoms with Gasteiger partial charge in [0.25, 0.3) is 0 Å². The summed E-state index contributed by atoms with van der Waals surface area (Å²) in [6.07, 6.45) is 11.7. The Balaban J connectivity index is 1.73. The van der Waals surface area contributed by atoms with Gasteiger partial charge in [0.1, 0.15) is 0 Å². The van der Waals surface area contributed by atoms with Crippen LogP contribution < -0.4 is 11.1 Å². The number of carbonyl (C=O) groups excluding carboxylic acids is 1. The van der Waals surface area contributed by atoms with Crippen molar-refractivity contribution in [3.63, 3.8) is 0 Å². The number of nitrogens with zero attached hydrogens (tertiary/aromatic N) is 2. The normalized spacial score (nSPS) is 10.9. The number of nitrogens with two attached hydrogens (primary N) is 1. The van der Waals surface area contributed by atoms with E-state index in [0.29, 0.717) is 18.9 Å². The SMILES string of the molecule is CCCCCCCCCCc1ccc(-c2noc(C(=O)NCCN)n2)cc1. The Kier molecular flexibility index (Phi) is 9.55. The lowest BCUT2D eigenvalue weighted by Crippen LogP contribution is -2.29. The molecular weight excluding hydrogens is 340 g/mol. The molecule has 6 heteroatoms. The van der Waals surface area contributed by atoms with Gasteiger partial charge in [-0.15, -0.1) is 0 Å². The maximum atomic E-state index is 11.8. The number of rotatable bonds is 13. The number of carbonyl (C=O) groups is 1. The van der Waals surface area contributed by atoms with Crippen LogP contribution in [0.25, 0.3) is 11.4 Å². The van der Waals surface area contributed by atoms with Gasteiger partial charge in [-0.25, -0.2) is 0 Å². The fraction of sp³-hybridized carbons (Fsp3) is 0.571. The van der Waals surface area contributed by atoms with Gasteiger partial charge in [-0.05, 0) is 18.4 Å². The molecule has 0 unspecified atom stereocenters. The summed E-state index contributed by atoms with van der Waals surface area (Å²) in [5.41, 5.74) is 7.52. The van der Waals surface area contributed by atoms with Crippen molar-refractivity contribution in [2.45, 2.75) is 64.7 Å². The van der Waals surface area contributed by atoms with E-state index in [9.17, 15) is 4.79 Å². The Hall–Kier alpha value is -2.21. The van der Waals surface area contributed by atoms with Gasteiger partial charge in [0.05, 0.1) is 0 Å². The lowest BCUT2D eigenvalue weighted by molar-refractivity contribution is 0.0911. The molecule has 0 aliphatic rings. The highest BCUT2D eigenvalue weighted by molar-refractivity contribution is 5.89. The zero-order valence-corrected chi connectivity index (χ0v) is 16.4. The quantitative estimate of drug-likeness (QED) is 0.516. The van der Waals surface area contributed by atoms with Crippen LogP contribution in [0.1, 0.15) is 74.5 Å². The topological polar surface area (TPSA) is 94.0 Å². The van der Waals surface area contributed by atoms with Crippen molar-refractivity contribution in [3.8, 4) is 11.4 Å². The monoisotopic (exact) mass is 372 g/mol. The Morgan fingerprint density at radius 3 is 2.37 bits per heavy atom. The Morgan fingerprint density at radius 1 is 1.04 bits per heavy atom. The van der Waals surface area contributed by atoms with Crippen LogP contribution in [0.3, 0.4) is 0 Å². The number of aromatic nitrogens is 2. The zero-order valence-electron chi connectivity index (χ0n) is 16.4. The summed E-state index contributed by atoms with van der Waals surface area (Å²) >= 11 is 0. The maximum absolute atomic E-state index is 11.8. The van der Waals surface area contributed by atoms with Crippen molar-refractivity contribution in [1.82, 2.24) is 15.5 Å². The first-order valence-electron chi connectivity index (χ1n) is 10.2. The first kappa shape index (κ1) is 21.1. The van der Waals surface area contributed by atoms with Crippen LogP contribution >= 0.6 is 0 Å². The van der Waals surface area contributed by atoms with E-state index in [-0.39, 0.29) is 5.89 Å². The van der Waals surface area contributed by atoms with Crippen molar-refractivity contribution >= 4 is 5.91 Å².